The van der Waals surface area contributed by atoms with E-state index < -0.39 is 0 Å². The van der Waals surface area contributed by atoms with E-state index in [1.54, 1.807) is 12.0 Å². The number of ether oxygens (including phenoxy) is 1. The predicted octanol–water partition coefficient (Wildman–Crippen LogP) is 2.21. The largest absolute Gasteiger partial charge is 0.497 e. The first-order valence-corrected chi connectivity index (χ1v) is 6.58. The molecular formula is C15H24N2O2. The van der Waals surface area contributed by atoms with Crippen LogP contribution in [0.1, 0.15) is 32.4 Å². The number of hydrogen-bond donors (Lipinski definition) is 1. The van der Waals surface area contributed by atoms with Gasteiger partial charge in [-0.25, -0.2) is 0 Å². The summed E-state index contributed by atoms with van der Waals surface area (Å²) in [6.45, 7) is 6.40. The van der Waals surface area contributed by atoms with Crippen LogP contribution in [0, 0.1) is 0 Å². The lowest BCUT2D eigenvalue weighted by Crippen LogP contribution is -2.40. The molecule has 1 N–H and O–H groups in total. The molecule has 0 saturated heterocycles. The number of benzene rings is 1. The fraction of sp³-hybridized carbons (Fsp3) is 0.533. The second-order valence-corrected chi connectivity index (χ2v) is 4.97. The van der Waals surface area contributed by atoms with Gasteiger partial charge in [-0.2, -0.15) is 0 Å². The van der Waals surface area contributed by atoms with Gasteiger partial charge in [0.05, 0.1) is 13.7 Å². The third-order valence-corrected chi connectivity index (χ3v) is 3.34. The molecule has 0 aliphatic rings. The summed E-state index contributed by atoms with van der Waals surface area (Å²) in [5.41, 5.74) is 1.14. The van der Waals surface area contributed by atoms with Crippen LogP contribution in [-0.2, 0) is 4.79 Å². The molecule has 106 valence electrons. The highest BCUT2D eigenvalue weighted by molar-refractivity contribution is 5.78. The molecule has 4 heteroatoms. The first-order chi connectivity index (χ1) is 8.95. The second-order valence-electron chi connectivity index (χ2n) is 4.97. The SMILES string of the molecule is COc1ccc([C@H](C)NCC(=O)N(C)C(C)C)cc1. The topological polar surface area (TPSA) is 41.6 Å². The molecule has 4 nitrogen and oxygen atoms in total. The van der Waals surface area contributed by atoms with E-state index in [9.17, 15) is 4.79 Å². The monoisotopic (exact) mass is 264 g/mol. The maximum absolute atomic E-state index is 11.9. The molecule has 0 saturated carbocycles. The highest BCUT2D eigenvalue weighted by Crippen LogP contribution is 2.16. The Hall–Kier alpha value is -1.55. The standard InChI is InChI=1S/C15H24N2O2/c1-11(2)17(4)15(18)10-16-12(3)13-6-8-14(19-5)9-7-13/h6-9,11-12,16H,10H2,1-5H3/t12-/m0/s1. The number of rotatable bonds is 6. The normalized spacial score (nSPS) is 12.3. The smallest absolute Gasteiger partial charge is 0.236 e. The van der Waals surface area contributed by atoms with Crippen molar-refractivity contribution in [3.63, 3.8) is 0 Å². The van der Waals surface area contributed by atoms with Crippen molar-refractivity contribution in [2.45, 2.75) is 32.9 Å². The van der Waals surface area contributed by atoms with Gasteiger partial charge in [0.15, 0.2) is 0 Å². The van der Waals surface area contributed by atoms with Gasteiger partial charge in [-0.1, -0.05) is 12.1 Å². The summed E-state index contributed by atoms with van der Waals surface area (Å²) in [6.07, 6.45) is 0. The van der Waals surface area contributed by atoms with Gasteiger partial charge in [-0.3, -0.25) is 4.79 Å². The van der Waals surface area contributed by atoms with Crippen molar-refractivity contribution in [1.29, 1.82) is 0 Å². The van der Waals surface area contributed by atoms with E-state index in [0.717, 1.165) is 11.3 Å². The zero-order valence-corrected chi connectivity index (χ0v) is 12.4. The summed E-state index contributed by atoms with van der Waals surface area (Å²) in [4.78, 5) is 13.6. The number of carbonyl (C=O) groups is 1. The molecule has 0 fully saturated rings. The second kappa shape index (κ2) is 7.14. The van der Waals surface area contributed by atoms with Crippen LogP contribution in [0.2, 0.25) is 0 Å². The van der Waals surface area contributed by atoms with Crippen molar-refractivity contribution in [3.05, 3.63) is 29.8 Å². The third-order valence-electron chi connectivity index (χ3n) is 3.34. The average Bonchev–Trinajstić information content (AvgIpc) is 2.43. The van der Waals surface area contributed by atoms with Gasteiger partial charge in [0.25, 0.3) is 0 Å². The van der Waals surface area contributed by atoms with Crippen LogP contribution in [0.5, 0.6) is 5.75 Å². The van der Waals surface area contributed by atoms with Gasteiger partial charge < -0.3 is 15.0 Å². The molecule has 1 aromatic rings. The fourth-order valence-electron chi connectivity index (χ4n) is 1.66. The van der Waals surface area contributed by atoms with Crippen LogP contribution in [0.4, 0.5) is 0 Å². The maximum Gasteiger partial charge on any atom is 0.236 e. The van der Waals surface area contributed by atoms with Crippen LogP contribution < -0.4 is 10.1 Å². The Kier molecular flexibility index (Phi) is 5.83. The van der Waals surface area contributed by atoms with E-state index in [0.29, 0.717) is 6.54 Å². The number of likely N-dealkylation sites (N-methyl/N-ethyl adjacent to an activating group) is 1. The number of hydrogen-bond acceptors (Lipinski definition) is 3. The minimum absolute atomic E-state index is 0.107. The number of nitrogens with one attached hydrogen (secondary N) is 1. The number of methoxy groups -OCH3 is 1. The highest BCUT2D eigenvalue weighted by Gasteiger charge is 2.13. The Bertz CT molecular complexity index is 401. The van der Waals surface area contributed by atoms with Gasteiger partial charge in [0.1, 0.15) is 5.75 Å². The Morgan fingerprint density at radius 1 is 1.26 bits per heavy atom. The molecule has 0 bridgehead atoms. The molecule has 0 aliphatic carbocycles. The van der Waals surface area contributed by atoms with Crippen molar-refractivity contribution in [3.8, 4) is 5.75 Å². The Morgan fingerprint density at radius 2 is 1.84 bits per heavy atom. The summed E-state index contributed by atoms with van der Waals surface area (Å²) in [7, 11) is 3.48. The molecule has 1 amide bonds. The first-order valence-electron chi connectivity index (χ1n) is 6.58. The number of amides is 1. The van der Waals surface area contributed by atoms with Crippen LogP contribution in [0.3, 0.4) is 0 Å². The van der Waals surface area contributed by atoms with Crippen LogP contribution in [0.25, 0.3) is 0 Å². The highest BCUT2D eigenvalue weighted by atomic mass is 16.5. The van der Waals surface area contributed by atoms with E-state index in [-0.39, 0.29) is 18.0 Å². The summed E-state index contributed by atoms with van der Waals surface area (Å²) in [5.74, 6) is 0.946. The van der Waals surface area contributed by atoms with Gasteiger partial charge in [0, 0.05) is 19.1 Å². The molecule has 0 aliphatic heterocycles. The predicted molar refractivity (Wildman–Crippen MR) is 77.3 cm³/mol. The quantitative estimate of drug-likeness (QED) is 0.856. The minimum atomic E-state index is 0.107. The van der Waals surface area contributed by atoms with Gasteiger partial charge in [0.2, 0.25) is 5.91 Å². The zero-order valence-electron chi connectivity index (χ0n) is 12.4. The van der Waals surface area contributed by atoms with E-state index in [1.807, 2.05) is 52.1 Å². The van der Waals surface area contributed by atoms with Gasteiger partial charge in [-0.05, 0) is 38.5 Å². The molecule has 19 heavy (non-hydrogen) atoms. The van der Waals surface area contributed by atoms with E-state index in [1.165, 1.54) is 0 Å². The molecule has 1 rings (SSSR count). The Balaban J connectivity index is 2.50. The number of carbonyl (C=O) groups excluding carboxylic acids is 1. The summed E-state index contributed by atoms with van der Waals surface area (Å²) in [6, 6.07) is 8.23. The van der Waals surface area contributed by atoms with Gasteiger partial charge in [-0.15, -0.1) is 0 Å². The van der Waals surface area contributed by atoms with Crippen LogP contribution in [-0.4, -0.2) is 37.6 Å². The van der Waals surface area contributed by atoms with Gasteiger partial charge >= 0.3 is 0 Å². The van der Waals surface area contributed by atoms with Crippen molar-refractivity contribution in [2.75, 3.05) is 20.7 Å². The summed E-state index contributed by atoms with van der Waals surface area (Å²) >= 11 is 0. The Labute approximate surface area is 115 Å². The first kappa shape index (κ1) is 15.5. The molecular weight excluding hydrogens is 240 g/mol. The molecule has 0 radical (unpaired) electrons. The van der Waals surface area contributed by atoms with E-state index >= 15 is 0 Å². The molecule has 0 heterocycles. The molecule has 0 aromatic heterocycles. The lowest BCUT2D eigenvalue weighted by molar-refractivity contribution is -0.130. The van der Waals surface area contributed by atoms with Crippen molar-refractivity contribution >= 4 is 5.91 Å². The third kappa shape index (κ3) is 4.56. The molecule has 0 unspecified atom stereocenters. The summed E-state index contributed by atoms with van der Waals surface area (Å²) in [5, 5.41) is 3.24. The van der Waals surface area contributed by atoms with Crippen LogP contribution in [0.15, 0.2) is 24.3 Å². The lowest BCUT2D eigenvalue weighted by Gasteiger charge is -2.23. The lowest BCUT2D eigenvalue weighted by atomic mass is 10.1. The van der Waals surface area contributed by atoms with E-state index in [2.05, 4.69) is 5.32 Å². The summed E-state index contributed by atoms with van der Waals surface area (Å²) < 4.78 is 5.12. The molecule has 1 aromatic carbocycles. The average molecular weight is 264 g/mol. The van der Waals surface area contributed by atoms with Crippen molar-refractivity contribution in [2.24, 2.45) is 0 Å². The molecule has 0 spiro atoms. The zero-order chi connectivity index (χ0) is 14.4. The number of nitrogens with zero attached hydrogens (tertiary/aromatic N) is 1. The fourth-order valence-corrected chi connectivity index (χ4v) is 1.66. The van der Waals surface area contributed by atoms with Crippen molar-refractivity contribution in [1.82, 2.24) is 10.2 Å². The maximum atomic E-state index is 11.9. The van der Waals surface area contributed by atoms with Crippen LogP contribution >= 0.6 is 0 Å². The Morgan fingerprint density at radius 3 is 2.32 bits per heavy atom. The minimum Gasteiger partial charge on any atom is -0.497 e. The van der Waals surface area contributed by atoms with Crippen molar-refractivity contribution < 1.29 is 9.53 Å². The molecule has 1 atom stereocenters. The van der Waals surface area contributed by atoms with E-state index in [4.69, 9.17) is 4.74 Å².